The lowest BCUT2D eigenvalue weighted by Crippen LogP contribution is -2.44. The van der Waals surface area contributed by atoms with Crippen molar-refractivity contribution in [3.8, 4) is 0 Å². The second-order valence-electron chi connectivity index (χ2n) is 2.83. The molecule has 60 valence electrons. The number of alkyl halides is 1. The standard InChI is InChI=1S/C7H15IN2/c1-9-4-6-10(3-2-8)7-5-9/h2-7H2,1H3. The molecule has 1 heterocycles. The first-order chi connectivity index (χ1) is 4.83. The molecule has 0 aromatic rings. The van der Waals surface area contributed by atoms with Crippen LogP contribution >= 0.6 is 22.6 Å². The highest BCUT2D eigenvalue weighted by Crippen LogP contribution is 1.98. The summed E-state index contributed by atoms with van der Waals surface area (Å²) < 4.78 is 1.27. The van der Waals surface area contributed by atoms with Crippen LogP contribution in [-0.2, 0) is 0 Å². The van der Waals surface area contributed by atoms with Crippen molar-refractivity contribution in [3.63, 3.8) is 0 Å². The first kappa shape index (κ1) is 8.74. The van der Waals surface area contributed by atoms with Crippen molar-refractivity contribution < 1.29 is 0 Å². The molecule has 1 fully saturated rings. The molecular weight excluding hydrogens is 239 g/mol. The van der Waals surface area contributed by atoms with Gasteiger partial charge in [-0.25, -0.2) is 0 Å². The van der Waals surface area contributed by atoms with Gasteiger partial charge in [0.2, 0.25) is 0 Å². The van der Waals surface area contributed by atoms with Gasteiger partial charge in [-0.05, 0) is 7.05 Å². The van der Waals surface area contributed by atoms with E-state index >= 15 is 0 Å². The van der Waals surface area contributed by atoms with Gasteiger partial charge in [-0.2, -0.15) is 0 Å². The molecule has 0 atom stereocenters. The van der Waals surface area contributed by atoms with Gasteiger partial charge in [0.15, 0.2) is 0 Å². The number of hydrogen-bond acceptors (Lipinski definition) is 2. The lowest BCUT2D eigenvalue weighted by atomic mass is 10.3. The van der Waals surface area contributed by atoms with Crippen molar-refractivity contribution in [2.24, 2.45) is 0 Å². The van der Waals surface area contributed by atoms with Crippen LogP contribution in [0.4, 0.5) is 0 Å². The van der Waals surface area contributed by atoms with Crippen molar-refractivity contribution in [1.29, 1.82) is 0 Å². The van der Waals surface area contributed by atoms with Crippen molar-refractivity contribution >= 4 is 22.6 Å². The molecule has 0 N–H and O–H groups in total. The van der Waals surface area contributed by atoms with Crippen molar-refractivity contribution in [2.75, 3.05) is 44.2 Å². The van der Waals surface area contributed by atoms with Gasteiger partial charge in [-0.3, -0.25) is 0 Å². The maximum atomic E-state index is 2.53. The van der Waals surface area contributed by atoms with E-state index in [-0.39, 0.29) is 0 Å². The molecule has 0 saturated carbocycles. The quantitative estimate of drug-likeness (QED) is 0.528. The molecule has 3 heteroatoms. The minimum atomic E-state index is 1.25. The molecule has 1 aliphatic rings. The van der Waals surface area contributed by atoms with E-state index in [1.54, 1.807) is 0 Å². The molecule has 1 saturated heterocycles. The van der Waals surface area contributed by atoms with Crippen LogP contribution in [0.3, 0.4) is 0 Å². The summed E-state index contributed by atoms with van der Waals surface area (Å²) in [7, 11) is 2.20. The molecule has 1 rings (SSSR count). The first-order valence-corrected chi connectivity index (χ1v) is 5.32. The zero-order valence-corrected chi connectivity index (χ0v) is 8.67. The Balaban J connectivity index is 2.13. The Kier molecular flexibility index (Phi) is 3.95. The summed E-state index contributed by atoms with van der Waals surface area (Å²) in [6.45, 7) is 6.29. The Hall–Kier alpha value is 0.650. The van der Waals surface area contributed by atoms with Crippen LogP contribution in [0.5, 0.6) is 0 Å². The van der Waals surface area contributed by atoms with Gasteiger partial charge in [0.25, 0.3) is 0 Å². The average molecular weight is 254 g/mol. The summed E-state index contributed by atoms with van der Waals surface area (Å²) in [6.07, 6.45) is 0. The highest BCUT2D eigenvalue weighted by Gasteiger charge is 2.11. The summed E-state index contributed by atoms with van der Waals surface area (Å²) in [5, 5.41) is 0. The van der Waals surface area contributed by atoms with Gasteiger partial charge in [-0.15, -0.1) is 0 Å². The average Bonchev–Trinajstić information content (AvgIpc) is 1.95. The summed E-state index contributed by atoms with van der Waals surface area (Å²) in [5.74, 6) is 0. The van der Waals surface area contributed by atoms with Crippen molar-refractivity contribution in [3.05, 3.63) is 0 Å². The van der Waals surface area contributed by atoms with Crippen LogP contribution in [0.1, 0.15) is 0 Å². The molecule has 1 aliphatic heterocycles. The Morgan fingerprint density at radius 2 is 1.80 bits per heavy atom. The van der Waals surface area contributed by atoms with Crippen molar-refractivity contribution in [2.45, 2.75) is 0 Å². The molecule has 0 bridgehead atoms. The van der Waals surface area contributed by atoms with E-state index in [9.17, 15) is 0 Å². The Labute approximate surface area is 76.7 Å². The van der Waals surface area contributed by atoms with Crippen LogP contribution in [-0.4, -0.2) is 54.0 Å². The van der Waals surface area contributed by atoms with Gasteiger partial charge in [0.05, 0.1) is 0 Å². The van der Waals surface area contributed by atoms with E-state index in [1.807, 2.05) is 0 Å². The number of nitrogens with zero attached hydrogens (tertiary/aromatic N) is 2. The summed E-state index contributed by atoms with van der Waals surface area (Å²) >= 11 is 2.44. The van der Waals surface area contributed by atoms with Crippen LogP contribution in [0, 0.1) is 0 Å². The van der Waals surface area contributed by atoms with E-state index in [0.29, 0.717) is 0 Å². The molecule has 0 aromatic heterocycles. The Morgan fingerprint density at radius 1 is 1.20 bits per heavy atom. The summed E-state index contributed by atoms with van der Waals surface area (Å²) in [6, 6.07) is 0. The number of halogens is 1. The predicted molar refractivity (Wildman–Crippen MR) is 52.8 cm³/mol. The summed E-state index contributed by atoms with van der Waals surface area (Å²) in [5.41, 5.74) is 0. The van der Waals surface area contributed by atoms with Crippen LogP contribution in [0.25, 0.3) is 0 Å². The van der Waals surface area contributed by atoms with Gasteiger partial charge in [-0.1, -0.05) is 22.6 Å². The number of likely N-dealkylation sites (N-methyl/N-ethyl adjacent to an activating group) is 1. The molecule has 2 nitrogen and oxygen atoms in total. The second kappa shape index (κ2) is 4.51. The van der Waals surface area contributed by atoms with Gasteiger partial charge in [0.1, 0.15) is 0 Å². The lowest BCUT2D eigenvalue weighted by Gasteiger charge is -2.31. The van der Waals surface area contributed by atoms with Crippen LogP contribution < -0.4 is 0 Å². The highest BCUT2D eigenvalue weighted by atomic mass is 127. The molecule has 0 amide bonds. The van der Waals surface area contributed by atoms with Crippen LogP contribution in [0.15, 0.2) is 0 Å². The highest BCUT2D eigenvalue weighted by molar-refractivity contribution is 14.1. The fourth-order valence-electron chi connectivity index (χ4n) is 1.19. The Bertz CT molecular complexity index is 89.6. The molecule has 0 radical (unpaired) electrons. The molecule has 0 aliphatic carbocycles. The van der Waals surface area contributed by atoms with E-state index in [4.69, 9.17) is 0 Å². The van der Waals surface area contributed by atoms with Gasteiger partial charge >= 0.3 is 0 Å². The second-order valence-corrected chi connectivity index (χ2v) is 3.91. The smallest absolute Gasteiger partial charge is 0.0123 e. The fraction of sp³-hybridized carbons (Fsp3) is 1.00. The largest absolute Gasteiger partial charge is 0.304 e. The maximum Gasteiger partial charge on any atom is 0.0123 e. The summed E-state index contributed by atoms with van der Waals surface area (Å²) in [4.78, 5) is 4.93. The molecular formula is C7H15IN2. The zero-order chi connectivity index (χ0) is 7.40. The fourth-order valence-corrected chi connectivity index (χ4v) is 1.87. The number of hydrogen-bond donors (Lipinski definition) is 0. The predicted octanol–water partition coefficient (Wildman–Crippen LogP) is 0.669. The van der Waals surface area contributed by atoms with Gasteiger partial charge in [0, 0.05) is 37.2 Å². The zero-order valence-electron chi connectivity index (χ0n) is 6.52. The van der Waals surface area contributed by atoms with E-state index < -0.39 is 0 Å². The minimum Gasteiger partial charge on any atom is -0.304 e. The third-order valence-electron chi connectivity index (χ3n) is 2.00. The molecule has 0 spiro atoms. The lowest BCUT2D eigenvalue weighted by molar-refractivity contribution is 0.162. The molecule has 0 unspecified atom stereocenters. The maximum absolute atomic E-state index is 2.53. The minimum absolute atomic E-state index is 1.25. The third-order valence-corrected chi connectivity index (χ3v) is 2.48. The first-order valence-electron chi connectivity index (χ1n) is 3.80. The SMILES string of the molecule is CN1CCN(CCI)CC1. The third kappa shape index (κ3) is 2.72. The number of piperazine rings is 1. The topological polar surface area (TPSA) is 6.48 Å². The normalized spacial score (nSPS) is 23.4. The van der Waals surface area contributed by atoms with E-state index in [0.717, 1.165) is 0 Å². The number of rotatable bonds is 2. The monoisotopic (exact) mass is 254 g/mol. The van der Waals surface area contributed by atoms with Gasteiger partial charge < -0.3 is 9.80 Å². The van der Waals surface area contributed by atoms with E-state index in [1.165, 1.54) is 37.2 Å². The Morgan fingerprint density at radius 3 is 2.30 bits per heavy atom. The van der Waals surface area contributed by atoms with E-state index in [2.05, 4.69) is 39.4 Å². The van der Waals surface area contributed by atoms with Crippen molar-refractivity contribution in [1.82, 2.24) is 9.80 Å². The molecule has 0 aromatic carbocycles. The molecule has 10 heavy (non-hydrogen) atoms. The van der Waals surface area contributed by atoms with Crippen LogP contribution in [0.2, 0.25) is 0 Å².